The maximum absolute atomic E-state index is 2.46. The Balaban J connectivity index is 0.999. The van der Waals surface area contributed by atoms with Crippen LogP contribution in [0.2, 0.25) is 0 Å². The number of benzene rings is 7. The summed E-state index contributed by atoms with van der Waals surface area (Å²) in [6.07, 6.45) is 8.86. The number of allylic oxidation sites excluding steroid dienone is 4. The molecule has 2 aromatic heterocycles. The first-order valence-electron chi connectivity index (χ1n) is 18.8. The van der Waals surface area contributed by atoms with E-state index in [4.69, 9.17) is 0 Å². The number of para-hydroxylation sites is 2. The SMILES string of the molecule is CC1(C)c2ccccc2-c2cc(-c3ccc(-n4c5ccccc5c5cc(-c6ccc7c(c6)c6ccccc6n7C6=CC=CCC6)ccc54)cc3)ccc21. The van der Waals surface area contributed by atoms with E-state index < -0.39 is 0 Å². The Kier molecular flexibility index (Phi) is 6.46. The van der Waals surface area contributed by atoms with E-state index >= 15 is 0 Å². The van der Waals surface area contributed by atoms with Crippen molar-refractivity contribution in [2.24, 2.45) is 0 Å². The van der Waals surface area contributed by atoms with Crippen molar-refractivity contribution in [3.8, 4) is 39.1 Å². The van der Waals surface area contributed by atoms with Gasteiger partial charge in [-0.05, 0) is 118 Å². The third-order valence-corrected chi connectivity index (χ3v) is 12.0. The third kappa shape index (κ3) is 4.45. The topological polar surface area (TPSA) is 9.86 Å². The van der Waals surface area contributed by atoms with Crippen molar-refractivity contribution in [2.45, 2.75) is 32.1 Å². The van der Waals surface area contributed by atoms with E-state index in [1.54, 1.807) is 0 Å². The highest BCUT2D eigenvalue weighted by molar-refractivity contribution is 6.13. The lowest BCUT2D eigenvalue weighted by Gasteiger charge is -2.21. The molecule has 0 amide bonds. The molecule has 0 N–H and O–H groups in total. The lowest BCUT2D eigenvalue weighted by molar-refractivity contribution is 0.660. The number of hydrogen-bond donors (Lipinski definition) is 0. The van der Waals surface area contributed by atoms with Crippen LogP contribution in [0.1, 0.15) is 37.8 Å². The van der Waals surface area contributed by atoms with Gasteiger partial charge in [0.2, 0.25) is 0 Å². The van der Waals surface area contributed by atoms with E-state index in [-0.39, 0.29) is 5.41 Å². The molecule has 0 atom stereocenters. The first-order chi connectivity index (χ1) is 26.0. The first kappa shape index (κ1) is 30.3. The molecule has 0 saturated carbocycles. The van der Waals surface area contributed by atoms with E-state index in [0.29, 0.717) is 0 Å². The van der Waals surface area contributed by atoms with Crippen LogP contribution in [-0.2, 0) is 5.41 Å². The number of nitrogens with zero attached hydrogens (tertiary/aromatic N) is 2. The molecule has 9 aromatic rings. The van der Waals surface area contributed by atoms with Crippen molar-refractivity contribution < 1.29 is 0 Å². The summed E-state index contributed by atoms with van der Waals surface area (Å²) in [6, 6.07) is 56.7. The van der Waals surface area contributed by atoms with Gasteiger partial charge in [0, 0.05) is 38.3 Å². The van der Waals surface area contributed by atoms with Crippen molar-refractivity contribution >= 4 is 49.3 Å². The van der Waals surface area contributed by atoms with Crippen molar-refractivity contribution in [1.29, 1.82) is 0 Å². The Hall–Kier alpha value is -6.38. The maximum Gasteiger partial charge on any atom is 0.0541 e. The second kappa shape index (κ2) is 11.3. The first-order valence-corrected chi connectivity index (χ1v) is 18.8. The Labute approximate surface area is 309 Å². The molecule has 2 heterocycles. The Bertz CT molecular complexity index is 3010. The monoisotopic (exact) mass is 678 g/mol. The minimum atomic E-state index is 0.0163. The van der Waals surface area contributed by atoms with Crippen molar-refractivity contribution in [3.05, 3.63) is 181 Å². The van der Waals surface area contributed by atoms with Crippen molar-refractivity contribution in [1.82, 2.24) is 9.13 Å². The molecule has 2 aliphatic rings. The summed E-state index contributed by atoms with van der Waals surface area (Å²) in [4.78, 5) is 0. The van der Waals surface area contributed by atoms with Crippen LogP contribution in [0.4, 0.5) is 0 Å². The minimum Gasteiger partial charge on any atom is -0.313 e. The number of rotatable bonds is 4. The van der Waals surface area contributed by atoms with Crippen molar-refractivity contribution in [2.75, 3.05) is 0 Å². The molecule has 0 fully saturated rings. The molecule has 252 valence electrons. The van der Waals surface area contributed by atoms with Crippen LogP contribution in [0.25, 0.3) is 88.4 Å². The summed E-state index contributed by atoms with van der Waals surface area (Å²) in [6.45, 7) is 4.68. The lowest BCUT2D eigenvalue weighted by atomic mass is 9.82. The molecule has 11 rings (SSSR count). The van der Waals surface area contributed by atoms with Gasteiger partial charge in [0.1, 0.15) is 0 Å². The molecule has 2 heteroatoms. The highest BCUT2D eigenvalue weighted by atomic mass is 15.0. The van der Waals surface area contributed by atoms with E-state index in [2.05, 4.69) is 193 Å². The average molecular weight is 679 g/mol. The molecule has 2 aliphatic carbocycles. The molecule has 53 heavy (non-hydrogen) atoms. The van der Waals surface area contributed by atoms with E-state index in [1.807, 2.05) is 0 Å². The predicted molar refractivity (Wildman–Crippen MR) is 225 cm³/mol. The van der Waals surface area contributed by atoms with Gasteiger partial charge in [-0.15, -0.1) is 0 Å². The summed E-state index contributed by atoms with van der Waals surface area (Å²) < 4.78 is 4.88. The molecule has 0 radical (unpaired) electrons. The molecule has 2 nitrogen and oxygen atoms in total. The maximum atomic E-state index is 2.46. The smallest absolute Gasteiger partial charge is 0.0541 e. The molecular formula is C51H38N2. The largest absolute Gasteiger partial charge is 0.313 e. The van der Waals surface area contributed by atoms with E-state index in [0.717, 1.165) is 12.8 Å². The normalized spacial score (nSPS) is 14.6. The average Bonchev–Trinajstić information content (AvgIpc) is 3.81. The quantitative estimate of drug-likeness (QED) is 0.175. The zero-order valence-electron chi connectivity index (χ0n) is 30.0. The second-order valence-electron chi connectivity index (χ2n) is 15.3. The second-order valence-corrected chi connectivity index (χ2v) is 15.3. The molecule has 0 spiro atoms. The Morgan fingerprint density at radius 3 is 1.70 bits per heavy atom. The minimum absolute atomic E-state index is 0.0163. The number of fused-ring (bicyclic) bond motifs is 9. The highest BCUT2D eigenvalue weighted by Gasteiger charge is 2.35. The van der Waals surface area contributed by atoms with Crippen LogP contribution in [0.15, 0.2) is 170 Å². The van der Waals surface area contributed by atoms with E-state index in [1.165, 1.54) is 99.5 Å². The molecule has 0 bridgehead atoms. The molecule has 0 saturated heterocycles. The highest BCUT2D eigenvalue weighted by Crippen LogP contribution is 2.49. The Morgan fingerprint density at radius 1 is 0.453 bits per heavy atom. The predicted octanol–water partition coefficient (Wildman–Crippen LogP) is 13.7. The van der Waals surface area contributed by atoms with Gasteiger partial charge in [-0.2, -0.15) is 0 Å². The van der Waals surface area contributed by atoms with Gasteiger partial charge in [-0.3, -0.25) is 0 Å². The van der Waals surface area contributed by atoms with Gasteiger partial charge < -0.3 is 9.13 Å². The zero-order chi connectivity index (χ0) is 35.3. The van der Waals surface area contributed by atoms with E-state index in [9.17, 15) is 0 Å². The number of aromatic nitrogens is 2. The Morgan fingerprint density at radius 2 is 1.00 bits per heavy atom. The van der Waals surface area contributed by atoms with Gasteiger partial charge in [0.05, 0.1) is 22.1 Å². The zero-order valence-corrected chi connectivity index (χ0v) is 30.0. The van der Waals surface area contributed by atoms with Crippen LogP contribution in [0.3, 0.4) is 0 Å². The van der Waals surface area contributed by atoms with Crippen LogP contribution in [0, 0.1) is 0 Å². The molecule has 7 aromatic carbocycles. The fourth-order valence-corrected chi connectivity index (χ4v) is 9.37. The van der Waals surface area contributed by atoms with Gasteiger partial charge >= 0.3 is 0 Å². The molecule has 0 unspecified atom stereocenters. The lowest BCUT2D eigenvalue weighted by Crippen LogP contribution is -2.14. The van der Waals surface area contributed by atoms with Crippen LogP contribution in [0.5, 0.6) is 0 Å². The molecular weight excluding hydrogens is 641 g/mol. The van der Waals surface area contributed by atoms with Crippen LogP contribution in [-0.4, -0.2) is 9.13 Å². The van der Waals surface area contributed by atoms with Gasteiger partial charge in [-0.1, -0.05) is 123 Å². The summed E-state index contributed by atoms with van der Waals surface area (Å²) >= 11 is 0. The van der Waals surface area contributed by atoms with Crippen LogP contribution < -0.4 is 0 Å². The summed E-state index contributed by atoms with van der Waals surface area (Å²) in [5, 5.41) is 5.13. The van der Waals surface area contributed by atoms with Crippen molar-refractivity contribution in [3.63, 3.8) is 0 Å². The van der Waals surface area contributed by atoms with Gasteiger partial charge in [0.15, 0.2) is 0 Å². The fourth-order valence-electron chi connectivity index (χ4n) is 9.37. The molecule has 0 aliphatic heterocycles. The van der Waals surface area contributed by atoms with Gasteiger partial charge in [0.25, 0.3) is 0 Å². The van der Waals surface area contributed by atoms with Gasteiger partial charge in [-0.25, -0.2) is 0 Å². The standard InChI is InChI=1S/C51H38N2/c1-51(2)45-17-9-6-14-39(45)42-30-34(22-27-46(42)51)33-20-25-38(26-21-33)53-48-19-11-8-16-41(48)44-32-36(24-29-50(44)53)35-23-28-49-43(31-35)40-15-7-10-18-47(40)52(49)37-12-4-3-5-13-37/h3-4,6-12,14-32H,5,13H2,1-2H3. The summed E-state index contributed by atoms with van der Waals surface area (Å²) in [5.41, 5.74) is 18.0. The summed E-state index contributed by atoms with van der Waals surface area (Å²) in [5.74, 6) is 0. The fraction of sp³-hybridized carbons (Fsp3) is 0.0980. The summed E-state index contributed by atoms with van der Waals surface area (Å²) in [7, 11) is 0. The number of hydrogen-bond acceptors (Lipinski definition) is 0. The van der Waals surface area contributed by atoms with Crippen LogP contribution >= 0.6 is 0 Å². The third-order valence-electron chi connectivity index (χ3n) is 12.0.